The van der Waals surface area contributed by atoms with Crippen molar-refractivity contribution in [2.75, 3.05) is 0 Å². The van der Waals surface area contributed by atoms with Crippen LogP contribution in [0.15, 0.2) is 48.4 Å². The molecule has 5 heterocycles. The van der Waals surface area contributed by atoms with E-state index >= 15 is 0 Å². The minimum absolute atomic E-state index is 0.0847. The lowest BCUT2D eigenvalue weighted by Crippen LogP contribution is -2.17. The molecule has 0 unspecified atom stereocenters. The second-order valence-electron chi connectivity index (χ2n) is 6.82. The minimum Gasteiger partial charge on any atom is -0.330 e. The van der Waals surface area contributed by atoms with Crippen LogP contribution in [0.3, 0.4) is 0 Å². The number of rotatable bonds is 4. The van der Waals surface area contributed by atoms with Crippen molar-refractivity contribution in [1.82, 2.24) is 43.4 Å². The van der Waals surface area contributed by atoms with Gasteiger partial charge >= 0.3 is 0 Å². The Labute approximate surface area is 158 Å². The summed E-state index contributed by atoms with van der Waals surface area (Å²) in [6.07, 6.45) is 11.9. The number of aromatic amines is 1. The Balaban J connectivity index is 1.87. The molecular weight excluding hydrogens is 358 g/mol. The van der Waals surface area contributed by atoms with Crippen molar-refractivity contribution >= 4 is 16.7 Å². The summed E-state index contributed by atoms with van der Waals surface area (Å²) in [7, 11) is 0. The van der Waals surface area contributed by atoms with E-state index in [1.165, 1.54) is 0 Å². The molecule has 0 aromatic carbocycles. The zero-order valence-corrected chi connectivity index (χ0v) is 15.3. The van der Waals surface area contributed by atoms with Crippen LogP contribution in [0.5, 0.6) is 0 Å². The fraction of sp³-hybridized carbons (Fsp3) is 0.222. The average molecular weight is 375 g/mol. The van der Waals surface area contributed by atoms with Crippen LogP contribution >= 0.6 is 0 Å². The van der Waals surface area contributed by atoms with Gasteiger partial charge in [0.15, 0.2) is 5.65 Å². The highest BCUT2D eigenvalue weighted by Gasteiger charge is 2.19. The number of imidazole rings is 3. The molecule has 10 nitrogen and oxygen atoms in total. The van der Waals surface area contributed by atoms with Gasteiger partial charge in [-0.3, -0.25) is 13.8 Å². The molecule has 0 saturated heterocycles. The summed E-state index contributed by atoms with van der Waals surface area (Å²) < 4.78 is 5.43. The molecule has 5 aromatic rings. The lowest BCUT2D eigenvalue weighted by atomic mass is 10.1. The van der Waals surface area contributed by atoms with Crippen molar-refractivity contribution in [2.45, 2.75) is 26.3 Å². The van der Waals surface area contributed by atoms with E-state index in [-0.39, 0.29) is 11.5 Å². The topological polar surface area (TPSA) is 112 Å². The highest BCUT2D eigenvalue weighted by molar-refractivity contribution is 5.77. The van der Waals surface area contributed by atoms with E-state index in [0.717, 1.165) is 5.69 Å². The fourth-order valence-corrected chi connectivity index (χ4v) is 3.27. The summed E-state index contributed by atoms with van der Waals surface area (Å²) in [6.45, 7) is 4.53. The van der Waals surface area contributed by atoms with Crippen LogP contribution in [0, 0.1) is 0 Å². The van der Waals surface area contributed by atoms with Gasteiger partial charge in [-0.25, -0.2) is 19.9 Å². The van der Waals surface area contributed by atoms with Gasteiger partial charge in [0.25, 0.3) is 5.56 Å². The lowest BCUT2D eigenvalue weighted by Gasteiger charge is -2.13. The molecule has 0 aliphatic heterocycles. The predicted molar refractivity (Wildman–Crippen MR) is 101 cm³/mol. The highest BCUT2D eigenvalue weighted by Crippen LogP contribution is 2.23. The molecule has 0 aliphatic carbocycles. The third kappa shape index (κ3) is 2.49. The first-order valence-corrected chi connectivity index (χ1v) is 8.86. The van der Waals surface area contributed by atoms with Gasteiger partial charge in [-0.1, -0.05) is 13.8 Å². The Morgan fingerprint density at radius 2 is 1.93 bits per heavy atom. The summed E-state index contributed by atoms with van der Waals surface area (Å²) in [5.74, 6) is 1.26. The van der Waals surface area contributed by atoms with Crippen molar-refractivity contribution in [3.05, 3.63) is 65.5 Å². The van der Waals surface area contributed by atoms with E-state index in [1.807, 2.05) is 24.6 Å². The van der Waals surface area contributed by atoms with Crippen molar-refractivity contribution in [2.24, 2.45) is 0 Å². The van der Waals surface area contributed by atoms with Crippen LogP contribution in [0.2, 0.25) is 0 Å². The molecule has 0 radical (unpaired) electrons. The maximum atomic E-state index is 12.7. The van der Waals surface area contributed by atoms with Gasteiger partial charge < -0.3 is 9.55 Å². The molecule has 0 bridgehead atoms. The molecule has 0 aliphatic rings. The molecule has 1 N–H and O–H groups in total. The highest BCUT2D eigenvalue weighted by atomic mass is 16.1. The molecule has 0 fully saturated rings. The zero-order valence-electron chi connectivity index (χ0n) is 15.3. The van der Waals surface area contributed by atoms with E-state index in [0.29, 0.717) is 35.0 Å². The largest absolute Gasteiger partial charge is 0.330 e. The van der Waals surface area contributed by atoms with E-state index < -0.39 is 0 Å². The van der Waals surface area contributed by atoms with E-state index in [1.54, 1.807) is 46.4 Å². The van der Waals surface area contributed by atoms with Crippen LogP contribution in [-0.4, -0.2) is 43.4 Å². The Morgan fingerprint density at radius 1 is 1.11 bits per heavy atom. The number of aromatic nitrogens is 9. The van der Waals surface area contributed by atoms with Crippen LogP contribution < -0.4 is 5.56 Å². The van der Waals surface area contributed by atoms with Crippen LogP contribution in [0.25, 0.3) is 22.6 Å². The Bertz CT molecular complexity index is 1330. The molecule has 5 rings (SSSR count). The summed E-state index contributed by atoms with van der Waals surface area (Å²) in [5.41, 5.74) is 2.19. The van der Waals surface area contributed by atoms with E-state index in [2.05, 4.69) is 24.9 Å². The molecule has 28 heavy (non-hydrogen) atoms. The molecule has 0 saturated carbocycles. The normalized spacial score (nSPS) is 11.8. The molecule has 0 amide bonds. The average Bonchev–Trinajstić information content (AvgIpc) is 3.44. The van der Waals surface area contributed by atoms with E-state index in [9.17, 15) is 4.79 Å². The Morgan fingerprint density at radius 3 is 2.64 bits per heavy atom. The van der Waals surface area contributed by atoms with Crippen LogP contribution in [-0.2, 0) is 6.54 Å². The maximum absolute atomic E-state index is 12.7. The smallest absolute Gasteiger partial charge is 0.274 e. The number of fused-ring (bicyclic) bond motifs is 3. The van der Waals surface area contributed by atoms with Gasteiger partial charge in [-0.15, -0.1) is 0 Å². The van der Waals surface area contributed by atoms with E-state index in [4.69, 9.17) is 4.98 Å². The van der Waals surface area contributed by atoms with Gasteiger partial charge in [0.1, 0.15) is 23.2 Å². The molecule has 140 valence electrons. The third-order valence-corrected chi connectivity index (χ3v) is 4.59. The third-order valence-electron chi connectivity index (χ3n) is 4.59. The number of H-pyrrole nitrogens is 1. The summed E-state index contributed by atoms with van der Waals surface area (Å²) in [5, 5.41) is 0. The first-order chi connectivity index (χ1) is 13.6. The monoisotopic (exact) mass is 375 g/mol. The number of nitrogens with one attached hydrogen (secondary N) is 1. The predicted octanol–water partition coefficient (Wildman–Crippen LogP) is 1.52. The second-order valence-corrected chi connectivity index (χ2v) is 6.82. The van der Waals surface area contributed by atoms with Crippen molar-refractivity contribution < 1.29 is 0 Å². The van der Waals surface area contributed by atoms with Gasteiger partial charge in [0.2, 0.25) is 5.95 Å². The van der Waals surface area contributed by atoms with Gasteiger partial charge in [-0.2, -0.15) is 4.98 Å². The summed E-state index contributed by atoms with van der Waals surface area (Å²) in [6, 6.07) is 0. The Kier molecular flexibility index (Phi) is 3.57. The molecule has 0 atom stereocenters. The number of nitrogens with zero attached hydrogens (tertiary/aromatic N) is 8. The first-order valence-electron chi connectivity index (χ1n) is 8.86. The van der Waals surface area contributed by atoms with Crippen LogP contribution in [0.1, 0.15) is 31.3 Å². The molecule has 5 aromatic heterocycles. The van der Waals surface area contributed by atoms with Crippen molar-refractivity contribution in [1.29, 1.82) is 0 Å². The lowest BCUT2D eigenvalue weighted by molar-refractivity contribution is 0.740. The number of hydrogen-bond donors (Lipinski definition) is 1. The minimum atomic E-state index is -0.224. The quantitative estimate of drug-likeness (QED) is 0.510. The molecule has 0 spiro atoms. The zero-order chi connectivity index (χ0) is 19.3. The standard InChI is InChI=1S/C18H17N9O/c1-11(2)14-15-16(24-18(23-14)26-6-4-20-10-26)27-12(17(28)22-15)7-21-13(27)8-25-5-3-19-9-25/h3-7,9-11H,8H2,1-2H3,(H,22,28). The van der Waals surface area contributed by atoms with Gasteiger partial charge in [0.05, 0.1) is 24.8 Å². The molecule has 10 heteroatoms. The second kappa shape index (κ2) is 6.12. The SMILES string of the molecule is CC(C)c1nc(-n2ccnc2)nc2c1[nH]c(=O)c1cnc(Cn3ccnc3)n12. The van der Waals surface area contributed by atoms with Crippen LogP contribution in [0.4, 0.5) is 0 Å². The Hall–Kier alpha value is -3.82. The fourth-order valence-electron chi connectivity index (χ4n) is 3.27. The van der Waals surface area contributed by atoms with Crippen molar-refractivity contribution in [3.63, 3.8) is 0 Å². The van der Waals surface area contributed by atoms with Crippen molar-refractivity contribution in [3.8, 4) is 5.95 Å². The first kappa shape index (κ1) is 16.4. The van der Waals surface area contributed by atoms with Gasteiger partial charge in [-0.05, 0) is 5.92 Å². The maximum Gasteiger partial charge on any atom is 0.274 e. The molecular formula is C18H17N9O. The number of hydrogen-bond acceptors (Lipinski definition) is 6. The summed E-state index contributed by atoms with van der Waals surface area (Å²) in [4.78, 5) is 37.7. The summed E-state index contributed by atoms with van der Waals surface area (Å²) >= 11 is 0. The van der Waals surface area contributed by atoms with Gasteiger partial charge in [0, 0.05) is 24.8 Å².